The highest BCUT2D eigenvalue weighted by Crippen LogP contribution is 2.29. The third-order valence-corrected chi connectivity index (χ3v) is 4.04. The van der Waals surface area contributed by atoms with Crippen LogP contribution >= 0.6 is 0 Å². The summed E-state index contributed by atoms with van der Waals surface area (Å²) in [6.45, 7) is 3.15. The molecule has 1 heterocycles. The zero-order chi connectivity index (χ0) is 18.7. The zero-order valence-electron chi connectivity index (χ0n) is 14.3. The number of aliphatic hydroxyl groups is 1. The highest BCUT2D eigenvalue weighted by atomic mass is 16.5. The Morgan fingerprint density at radius 1 is 1.28 bits per heavy atom. The van der Waals surface area contributed by atoms with Crippen molar-refractivity contribution in [2.24, 2.45) is 0 Å². The summed E-state index contributed by atoms with van der Waals surface area (Å²) in [5, 5.41) is 21.4. The lowest BCUT2D eigenvalue weighted by Crippen LogP contribution is -2.31. The number of benzene rings is 1. The fraction of sp³-hybridized carbons (Fsp3) is 0.353. The number of methoxy groups -OCH3 is 1. The number of hydrogen-bond acceptors (Lipinski definition) is 6. The SMILES string of the molecule is COC(=O)C1=C(Nc2c(C)ccc(C)c2C(=O)O)C(=O)N(CCO)C1. The maximum atomic E-state index is 12.5. The standard InChI is InChI=1S/C17H20N2O6/c1-9-4-5-10(2)13(12(9)16(22)23)18-14-11(17(24)25-3)8-19(6-7-20)15(14)21/h4-5,18,20H,6-8H2,1-3H3,(H,22,23). The van der Waals surface area contributed by atoms with E-state index in [1.54, 1.807) is 26.0 Å². The van der Waals surface area contributed by atoms with Crippen LogP contribution in [-0.4, -0.2) is 59.8 Å². The molecular formula is C17H20N2O6. The van der Waals surface area contributed by atoms with Crippen LogP contribution in [0, 0.1) is 13.8 Å². The molecule has 2 rings (SSSR count). The summed E-state index contributed by atoms with van der Waals surface area (Å²) in [5.41, 5.74) is 1.49. The van der Waals surface area contributed by atoms with E-state index in [1.165, 1.54) is 12.0 Å². The molecule has 0 spiro atoms. The number of esters is 1. The van der Waals surface area contributed by atoms with E-state index in [2.05, 4.69) is 5.32 Å². The zero-order valence-corrected chi connectivity index (χ0v) is 14.3. The van der Waals surface area contributed by atoms with Gasteiger partial charge >= 0.3 is 11.9 Å². The Morgan fingerprint density at radius 3 is 2.48 bits per heavy atom. The molecule has 0 unspecified atom stereocenters. The summed E-state index contributed by atoms with van der Waals surface area (Å²) >= 11 is 0. The molecule has 1 amide bonds. The average Bonchev–Trinajstić information content (AvgIpc) is 2.87. The molecule has 0 atom stereocenters. The molecule has 8 heteroatoms. The Morgan fingerprint density at radius 2 is 1.92 bits per heavy atom. The number of aryl methyl sites for hydroxylation is 2. The molecule has 25 heavy (non-hydrogen) atoms. The molecule has 0 bridgehead atoms. The van der Waals surface area contributed by atoms with Gasteiger partial charge in [-0.2, -0.15) is 0 Å². The molecule has 0 aromatic heterocycles. The lowest BCUT2D eigenvalue weighted by Gasteiger charge is -2.17. The maximum Gasteiger partial charge on any atom is 0.338 e. The van der Waals surface area contributed by atoms with Crippen molar-refractivity contribution in [3.05, 3.63) is 40.1 Å². The molecule has 0 fully saturated rings. The molecule has 0 saturated carbocycles. The van der Waals surface area contributed by atoms with Gasteiger partial charge in [-0.1, -0.05) is 12.1 Å². The number of carbonyl (C=O) groups excluding carboxylic acids is 2. The molecule has 0 saturated heterocycles. The van der Waals surface area contributed by atoms with Crippen LogP contribution in [0.1, 0.15) is 21.5 Å². The first-order valence-corrected chi connectivity index (χ1v) is 7.63. The first-order valence-electron chi connectivity index (χ1n) is 7.63. The van der Waals surface area contributed by atoms with E-state index in [-0.39, 0.29) is 42.2 Å². The molecule has 1 aromatic rings. The number of nitrogens with one attached hydrogen (secondary N) is 1. The van der Waals surface area contributed by atoms with Crippen LogP contribution in [0.3, 0.4) is 0 Å². The minimum atomic E-state index is -1.14. The highest BCUT2D eigenvalue weighted by molar-refractivity contribution is 6.09. The number of aromatic carboxylic acids is 1. The molecule has 1 aromatic carbocycles. The number of hydrogen-bond donors (Lipinski definition) is 3. The predicted molar refractivity (Wildman–Crippen MR) is 89.2 cm³/mol. The molecule has 0 radical (unpaired) electrons. The minimum Gasteiger partial charge on any atom is -0.478 e. The average molecular weight is 348 g/mol. The summed E-state index contributed by atoms with van der Waals surface area (Å²) in [4.78, 5) is 37.5. The number of amides is 1. The Labute approximate surface area is 144 Å². The van der Waals surface area contributed by atoms with Gasteiger partial charge in [0.25, 0.3) is 5.91 Å². The Hall–Kier alpha value is -2.87. The van der Waals surface area contributed by atoms with Gasteiger partial charge in [-0.15, -0.1) is 0 Å². The van der Waals surface area contributed by atoms with Crippen molar-refractivity contribution >= 4 is 23.5 Å². The monoisotopic (exact) mass is 348 g/mol. The highest BCUT2D eigenvalue weighted by Gasteiger charge is 2.35. The van der Waals surface area contributed by atoms with Crippen molar-refractivity contribution in [2.75, 3.05) is 32.1 Å². The van der Waals surface area contributed by atoms with E-state index < -0.39 is 17.8 Å². The largest absolute Gasteiger partial charge is 0.478 e. The van der Waals surface area contributed by atoms with Crippen LogP contribution in [0.25, 0.3) is 0 Å². The second kappa shape index (κ2) is 7.35. The van der Waals surface area contributed by atoms with E-state index in [4.69, 9.17) is 9.84 Å². The predicted octanol–water partition coefficient (Wildman–Crippen LogP) is 0.675. The van der Waals surface area contributed by atoms with Crippen LogP contribution in [0.2, 0.25) is 0 Å². The van der Waals surface area contributed by atoms with E-state index in [0.29, 0.717) is 11.1 Å². The van der Waals surface area contributed by atoms with Gasteiger partial charge in [0, 0.05) is 6.54 Å². The first kappa shape index (κ1) is 18.5. The van der Waals surface area contributed by atoms with Gasteiger partial charge in [0.1, 0.15) is 5.70 Å². The number of ether oxygens (including phenoxy) is 1. The number of nitrogens with zero attached hydrogens (tertiary/aromatic N) is 1. The van der Waals surface area contributed by atoms with Gasteiger partial charge in [-0.05, 0) is 25.0 Å². The summed E-state index contributed by atoms with van der Waals surface area (Å²) in [5.74, 6) is -2.31. The smallest absolute Gasteiger partial charge is 0.338 e. The van der Waals surface area contributed by atoms with Crippen molar-refractivity contribution in [1.82, 2.24) is 4.90 Å². The summed E-state index contributed by atoms with van der Waals surface area (Å²) in [6, 6.07) is 3.40. The number of carbonyl (C=O) groups is 3. The van der Waals surface area contributed by atoms with Gasteiger partial charge < -0.3 is 25.2 Å². The lowest BCUT2D eigenvalue weighted by atomic mass is 10.0. The third kappa shape index (κ3) is 3.48. The quantitative estimate of drug-likeness (QED) is 0.647. The number of rotatable bonds is 6. The first-order chi connectivity index (χ1) is 11.8. The second-order valence-corrected chi connectivity index (χ2v) is 5.67. The number of anilines is 1. The molecule has 1 aliphatic heterocycles. The van der Waals surface area contributed by atoms with E-state index in [1.807, 2.05) is 0 Å². The number of aliphatic hydroxyl groups excluding tert-OH is 1. The lowest BCUT2D eigenvalue weighted by molar-refractivity contribution is -0.136. The number of carboxylic acids is 1. The molecule has 134 valence electrons. The molecule has 8 nitrogen and oxygen atoms in total. The van der Waals surface area contributed by atoms with Crippen LogP contribution < -0.4 is 5.32 Å². The minimum absolute atomic E-state index is 0.0122. The van der Waals surface area contributed by atoms with Gasteiger partial charge in [-0.25, -0.2) is 9.59 Å². The summed E-state index contributed by atoms with van der Waals surface area (Å²) in [7, 11) is 1.20. The van der Waals surface area contributed by atoms with Crippen LogP contribution in [-0.2, 0) is 14.3 Å². The van der Waals surface area contributed by atoms with Crippen LogP contribution in [0.5, 0.6) is 0 Å². The molecule has 3 N–H and O–H groups in total. The Balaban J connectivity index is 2.53. The van der Waals surface area contributed by atoms with E-state index in [9.17, 15) is 19.5 Å². The molecule has 1 aliphatic rings. The van der Waals surface area contributed by atoms with E-state index >= 15 is 0 Å². The topological polar surface area (TPSA) is 116 Å². The fourth-order valence-electron chi connectivity index (χ4n) is 2.72. The number of β-amino-alcohol motifs (C(OH)–C–C–N with tert-alkyl or cyclic N) is 1. The van der Waals surface area contributed by atoms with Gasteiger partial charge in [0.15, 0.2) is 0 Å². The third-order valence-electron chi connectivity index (χ3n) is 4.04. The molecular weight excluding hydrogens is 328 g/mol. The van der Waals surface area contributed by atoms with E-state index in [0.717, 1.165) is 0 Å². The fourth-order valence-corrected chi connectivity index (χ4v) is 2.72. The van der Waals surface area contributed by atoms with Gasteiger partial charge in [0.05, 0.1) is 37.1 Å². The normalized spacial score (nSPS) is 14.1. The van der Waals surface area contributed by atoms with Crippen molar-refractivity contribution in [3.8, 4) is 0 Å². The molecule has 0 aliphatic carbocycles. The maximum absolute atomic E-state index is 12.5. The number of carboxylic acid groups (broad SMARTS) is 1. The van der Waals surface area contributed by atoms with Crippen molar-refractivity contribution in [3.63, 3.8) is 0 Å². The second-order valence-electron chi connectivity index (χ2n) is 5.67. The van der Waals surface area contributed by atoms with Crippen LogP contribution in [0.15, 0.2) is 23.4 Å². The summed E-state index contributed by atoms with van der Waals surface area (Å²) in [6.07, 6.45) is 0. The van der Waals surface area contributed by atoms with Crippen LogP contribution in [0.4, 0.5) is 5.69 Å². The van der Waals surface area contributed by atoms with Gasteiger partial charge in [0.2, 0.25) is 0 Å². The Kier molecular flexibility index (Phi) is 5.43. The Bertz CT molecular complexity index is 769. The van der Waals surface area contributed by atoms with Crippen molar-refractivity contribution in [2.45, 2.75) is 13.8 Å². The summed E-state index contributed by atoms with van der Waals surface area (Å²) < 4.78 is 4.71. The van der Waals surface area contributed by atoms with Gasteiger partial charge in [-0.3, -0.25) is 4.79 Å². The van der Waals surface area contributed by atoms with Crippen molar-refractivity contribution < 1.29 is 29.3 Å². The van der Waals surface area contributed by atoms with Crippen molar-refractivity contribution in [1.29, 1.82) is 0 Å².